The summed E-state index contributed by atoms with van der Waals surface area (Å²) in [6.45, 7) is 3.07. The number of hydrogen-bond donors (Lipinski definition) is 2. The van der Waals surface area contributed by atoms with E-state index in [4.69, 9.17) is 23.7 Å². The van der Waals surface area contributed by atoms with Crippen molar-refractivity contribution in [3.63, 3.8) is 0 Å². The average Bonchev–Trinajstić information content (AvgIpc) is 2.78. The van der Waals surface area contributed by atoms with E-state index < -0.39 is 0 Å². The standard InChI is InChI=1S/C22H31N3O5.HI/c1-15(30-18-10-8-7-9-17(18)26-3)13-24-22(23-2)25-14-16-11-19(27-4)21(29-6)20(12-16)28-5;/h7-12,15H,13-14H2,1-6H3,(H2,23,24,25);1H. The molecule has 0 fully saturated rings. The molecule has 0 saturated heterocycles. The number of nitrogens with zero attached hydrogens (tertiary/aromatic N) is 1. The van der Waals surface area contributed by atoms with Crippen molar-refractivity contribution in [1.82, 2.24) is 10.6 Å². The Bertz CT molecular complexity index is 823. The predicted octanol–water partition coefficient (Wildman–Crippen LogP) is 3.47. The Morgan fingerprint density at radius 3 is 1.97 bits per heavy atom. The zero-order chi connectivity index (χ0) is 21.9. The van der Waals surface area contributed by atoms with E-state index in [0.717, 1.165) is 5.56 Å². The summed E-state index contributed by atoms with van der Waals surface area (Å²) in [5, 5.41) is 6.54. The highest BCUT2D eigenvalue weighted by Gasteiger charge is 2.14. The number of ether oxygens (including phenoxy) is 5. The highest BCUT2D eigenvalue weighted by molar-refractivity contribution is 14.0. The zero-order valence-corrected chi connectivity index (χ0v) is 21.2. The molecule has 0 bridgehead atoms. The van der Waals surface area contributed by atoms with Crippen molar-refractivity contribution >= 4 is 29.9 Å². The van der Waals surface area contributed by atoms with Gasteiger partial charge in [-0.05, 0) is 36.8 Å². The second-order valence-corrected chi connectivity index (χ2v) is 6.42. The normalized spacial score (nSPS) is 11.6. The molecule has 0 amide bonds. The van der Waals surface area contributed by atoms with Crippen LogP contribution < -0.4 is 34.3 Å². The molecule has 2 N–H and O–H groups in total. The van der Waals surface area contributed by atoms with Crippen LogP contribution in [0, 0.1) is 0 Å². The molecule has 0 heterocycles. The third kappa shape index (κ3) is 7.57. The number of rotatable bonds is 10. The quantitative estimate of drug-likeness (QED) is 0.269. The molecule has 1 atom stereocenters. The molecule has 172 valence electrons. The maximum atomic E-state index is 5.96. The first-order chi connectivity index (χ1) is 14.6. The minimum absolute atomic E-state index is 0. The van der Waals surface area contributed by atoms with Crippen LogP contribution in [0.5, 0.6) is 28.7 Å². The molecule has 0 aromatic heterocycles. The van der Waals surface area contributed by atoms with E-state index in [-0.39, 0.29) is 30.1 Å². The number of nitrogens with one attached hydrogen (secondary N) is 2. The minimum atomic E-state index is -0.0963. The number of hydrogen-bond acceptors (Lipinski definition) is 6. The van der Waals surface area contributed by atoms with Gasteiger partial charge in [0.05, 0.1) is 35.0 Å². The van der Waals surface area contributed by atoms with E-state index in [9.17, 15) is 0 Å². The second kappa shape index (κ2) is 13.7. The van der Waals surface area contributed by atoms with Crippen LogP contribution in [0.25, 0.3) is 0 Å². The number of aliphatic imine (C=N–C) groups is 1. The molecule has 0 radical (unpaired) electrons. The van der Waals surface area contributed by atoms with E-state index in [0.29, 0.717) is 47.8 Å². The van der Waals surface area contributed by atoms with Crippen LogP contribution in [-0.2, 0) is 6.54 Å². The molecule has 0 aliphatic heterocycles. The molecule has 0 aliphatic carbocycles. The van der Waals surface area contributed by atoms with Crippen LogP contribution in [0.4, 0.5) is 0 Å². The topological polar surface area (TPSA) is 82.6 Å². The van der Waals surface area contributed by atoms with Gasteiger partial charge < -0.3 is 34.3 Å². The van der Waals surface area contributed by atoms with Crippen molar-refractivity contribution in [2.75, 3.05) is 42.0 Å². The molecule has 8 nitrogen and oxygen atoms in total. The van der Waals surface area contributed by atoms with Crippen LogP contribution in [0.1, 0.15) is 12.5 Å². The van der Waals surface area contributed by atoms with Gasteiger partial charge in [0, 0.05) is 13.6 Å². The number of halogens is 1. The highest BCUT2D eigenvalue weighted by atomic mass is 127. The van der Waals surface area contributed by atoms with Crippen LogP contribution in [0.3, 0.4) is 0 Å². The van der Waals surface area contributed by atoms with Gasteiger partial charge in [0.1, 0.15) is 6.10 Å². The van der Waals surface area contributed by atoms with Gasteiger partial charge in [-0.3, -0.25) is 4.99 Å². The molecule has 0 aliphatic rings. The van der Waals surface area contributed by atoms with Gasteiger partial charge in [0.15, 0.2) is 29.0 Å². The molecular weight excluding hydrogens is 513 g/mol. The lowest BCUT2D eigenvalue weighted by molar-refractivity contribution is 0.213. The maximum absolute atomic E-state index is 5.96. The molecule has 0 spiro atoms. The van der Waals surface area contributed by atoms with Gasteiger partial charge in [-0.25, -0.2) is 0 Å². The van der Waals surface area contributed by atoms with Crippen molar-refractivity contribution < 1.29 is 23.7 Å². The number of para-hydroxylation sites is 2. The zero-order valence-electron chi connectivity index (χ0n) is 18.9. The first-order valence-corrected chi connectivity index (χ1v) is 9.59. The summed E-state index contributed by atoms with van der Waals surface area (Å²) in [5.74, 6) is 3.84. The number of guanidine groups is 1. The van der Waals surface area contributed by atoms with Crippen LogP contribution in [-0.4, -0.2) is 54.1 Å². The minimum Gasteiger partial charge on any atom is -0.493 e. The van der Waals surface area contributed by atoms with Gasteiger partial charge in [-0.2, -0.15) is 0 Å². The molecular formula is C22H32IN3O5. The van der Waals surface area contributed by atoms with E-state index in [1.807, 2.05) is 43.3 Å². The Morgan fingerprint density at radius 1 is 0.871 bits per heavy atom. The molecule has 2 aromatic rings. The Balaban J connectivity index is 0.00000480. The fourth-order valence-corrected chi connectivity index (χ4v) is 2.86. The summed E-state index contributed by atoms with van der Waals surface area (Å²) in [6.07, 6.45) is -0.0963. The lowest BCUT2D eigenvalue weighted by Crippen LogP contribution is -2.41. The first kappa shape index (κ1) is 26.5. The SMILES string of the molecule is CN=C(NCc1cc(OC)c(OC)c(OC)c1)NCC(C)Oc1ccccc1OC.I. The Morgan fingerprint density at radius 2 is 1.45 bits per heavy atom. The molecule has 31 heavy (non-hydrogen) atoms. The van der Waals surface area contributed by atoms with Crippen molar-refractivity contribution in [2.24, 2.45) is 4.99 Å². The highest BCUT2D eigenvalue weighted by Crippen LogP contribution is 2.38. The molecule has 9 heteroatoms. The first-order valence-electron chi connectivity index (χ1n) is 9.59. The third-order valence-corrected chi connectivity index (χ3v) is 4.36. The third-order valence-electron chi connectivity index (χ3n) is 4.36. The Kier molecular flexibility index (Phi) is 11.7. The van der Waals surface area contributed by atoms with E-state index in [1.165, 1.54) is 0 Å². The Hall–Kier alpha value is -2.56. The van der Waals surface area contributed by atoms with Crippen LogP contribution in [0.2, 0.25) is 0 Å². The summed E-state index contributed by atoms with van der Waals surface area (Å²) >= 11 is 0. The van der Waals surface area contributed by atoms with E-state index in [1.54, 1.807) is 35.5 Å². The van der Waals surface area contributed by atoms with Crippen molar-refractivity contribution in [2.45, 2.75) is 19.6 Å². The lowest BCUT2D eigenvalue weighted by Gasteiger charge is -2.19. The smallest absolute Gasteiger partial charge is 0.203 e. The van der Waals surface area contributed by atoms with Gasteiger partial charge in [-0.1, -0.05) is 12.1 Å². The molecule has 1 unspecified atom stereocenters. The summed E-state index contributed by atoms with van der Waals surface area (Å²) in [7, 11) is 8.12. The summed E-state index contributed by atoms with van der Waals surface area (Å²) in [4.78, 5) is 4.26. The lowest BCUT2D eigenvalue weighted by atomic mass is 10.2. The summed E-state index contributed by atoms with van der Waals surface area (Å²) in [5.41, 5.74) is 0.964. The average molecular weight is 545 g/mol. The fraction of sp³-hybridized carbons (Fsp3) is 0.409. The second-order valence-electron chi connectivity index (χ2n) is 6.42. The summed E-state index contributed by atoms with van der Waals surface area (Å²) in [6, 6.07) is 11.4. The van der Waals surface area contributed by atoms with Crippen LogP contribution >= 0.6 is 24.0 Å². The molecule has 2 aromatic carbocycles. The predicted molar refractivity (Wildman–Crippen MR) is 133 cm³/mol. The van der Waals surface area contributed by atoms with Crippen molar-refractivity contribution in [1.29, 1.82) is 0 Å². The van der Waals surface area contributed by atoms with Gasteiger partial charge in [-0.15, -0.1) is 24.0 Å². The fourth-order valence-electron chi connectivity index (χ4n) is 2.86. The van der Waals surface area contributed by atoms with Gasteiger partial charge >= 0.3 is 0 Å². The van der Waals surface area contributed by atoms with Gasteiger partial charge in [0.2, 0.25) is 5.75 Å². The number of benzene rings is 2. The van der Waals surface area contributed by atoms with Crippen molar-refractivity contribution in [3.8, 4) is 28.7 Å². The molecule has 0 saturated carbocycles. The maximum Gasteiger partial charge on any atom is 0.203 e. The summed E-state index contributed by atoms with van der Waals surface area (Å²) < 4.78 is 27.5. The van der Waals surface area contributed by atoms with Crippen molar-refractivity contribution in [3.05, 3.63) is 42.0 Å². The van der Waals surface area contributed by atoms with Gasteiger partial charge in [0.25, 0.3) is 0 Å². The largest absolute Gasteiger partial charge is 0.493 e. The van der Waals surface area contributed by atoms with Crippen LogP contribution in [0.15, 0.2) is 41.4 Å². The Labute approximate surface area is 201 Å². The number of methoxy groups -OCH3 is 4. The van der Waals surface area contributed by atoms with E-state index >= 15 is 0 Å². The monoisotopic (exact) mass is 545 g/mol. The molecule has 2 rings (SSSR count). The van der Waals surface area contributed by atoms with E-state index in [2.05, 4.69) is 15.6 Å².